The van der Waals surface area contributed by atoms with E-state index in [-0.39, 0.29) is 22.9 Å². The Morgan fingerprint density at radius 3 is 2.25 bits per heavy atom. The number of carbonyl (C=O) groups is 2. The summed E-state index contributed by atoms with van der Waals surface area (Å²) in [4.78, 5) is 28.2. The number of nitrogens with zero attached hydrogens (tertiary/aromatic N) is 3. The molecule has 3 fully saturated rings. The molecule has 1 aliphatic heterocycles. The molecule has 210 valence electrons. The number of hydrogen-bond acceptors (Lipinski definition) is 4. The Morgan fingerprint density at radius 1 is 1.10 bits per heavy atom. The second kappa shape index (κ2) is 10.1. The lowest BCUT2D eigenvalue weighted by Crippen LogP contribution is -2.67. The largest absolute Gasteiger partial charge is 0.420 e. The first-order chi connectivity index (χ1) is 19.0. The minimum Gasteiger partial charge on any atom is -0.359 e. The third-order valence-electron chi connectivity index (χ3n) is 8.74. The van der Waals surface area contributed by atoms with Crippen LogP contribution in [0.1, 0.15) is 68.1 Å². The first-order valence-electron chi connectivity index (χ1n) is 13.2. The molecule has 3 aliphatic rings. The summed E-state index contributed by atoms with van der Waals surface area (Å²) in [6.07, 6.45) is 1.18. The number of rotatable bonds is 6. The van der Waals surface area contributed by atoms with Crippen LogP contribution in [0.3, 0.4) is 0 Å². The van der Waals surface area contributed by atoms with Gasteiger partial charge in [-0.05, 0) is 87.0 Å². The summed E-state index contributed by atoms with van der Waals surface area (Å²) in [5.41, 5.74) is -2.50. The van der Waals surface area contributed by atoms with Crippen LogP contribution in [0.2, 0.25) is 0 Å². The van der Waals surface area contributed by atoms with Gasteiger partial charge in [-0.15, -0.1) is 0 Å². The molecule has 0 radical (unpaired) electrons. The van der Waals surface area contributed by atoms with Crippen LogP contribution in [0, 0.1) is 22.6 Å². The number of hydrogen-bond donors (Lipinski definition) is 1. The van der Waals surface area contributed by atoms with E-state index in [9.17, 15) is 22.8 Å². The van der Waals surface area contributed by atoms with E-state index >= 15 is 4.39 Å². The van der Waals surface area contributed by atoms with Gasteiger partial charge in [0, 0.05) is 18.2 Å². The van der Waals surface area contributed by atoms with Crippen LogP contribution in [-0.4, -0.2) is 29.5 Å². The van der Waals surface area contributed by atoms with Crippen LogP contribution in [0.25, 0.3) is 0 Å². The number of thiocarbonyl (C=S) groups is 1. The highest BCUT2D eigenvalue weighted by Gasteiger charge is 2.53. The van der Waals surface area contributed by atoms with Gasteiger partial charge < -0.3 is 10.2 Å². The Bertz CT molecular complexity index is 1410. The molecule has 0 unspecified atom stereocenters. The standard InChI is InChI=1S/C29H28F4N4O2S/c1-35-25(39)27(11-2-12-27)15-10-18-4-7-20(8-5-18)37-26(40)36(22(38)16-28(37)13-3-14-28)21-9-6-19(17-34)23(24(21)30)29(31,32)33/h4-9H,2-3,10-16H2,1H3,(H,35,39). The van der Waals surface area contributed by atoms with Gasteiger partial charge in [-0.1, -0.05) is 18.6 Å². The maximum absolute atomic E-state index is 15.3. The van der Waals surface area contributed by atoms with Crippen molar-refractivity contribution in [1.82, 2.24) is 5.32 Å². The van der Waals surface area contributed by atoms with Crippen molar-refractivity contribution in [1.29, 1.82) is 5.26 Å². The van der Waals surface area contributed by atoms with E-state index < -0.39 is 40.3 Å². The van der Waals surface area contributed by atoms with Gasteiger partial charge >= 0.3 is 6.18 Å². The highest BCUT2D eigenvalue weighted by molar-refractivity contribution is 7.81. The minimum absolute atomic E-state index is 0.0374. The maximum atomic E-state index is 15.3. The first-order valence-corrected chi connectivity index (χ1v) is 13.7. The van der Waals surface area contributed by atoms with Crippen LogP contribution in [0.15, 0.2) is 36.4 Å². The van der Waals surface area contributed by atoms with Gasteiger partial charge in [0.05, 0.1) is 29.3 Å². The average Bonchev–Trinajstić information content (AvgIpc) is 2.87. The second-order valence-corrected chi connectivity index (χ2v) is 11.3. The summed E-state index contributed by atoms with van der Waals surface area (Å²) in [5.74, 6) is -2.23. The molecule has 1 spiro atoms. The van der Waals surface area contributed by atoms with E-state index in [0.717, 1.165) is 54.7 Å². The van der Waals surface area contributed by atoms with Crippen molar-refractivity contribution < 1.29 is 27.2 Å². The fourth-order valence-electron chi connectivity index (χ4n) is 6.22. The Hall–Kier alpha value is -3.52. The van der Waals surface area contributed by atoms with Crippen molar-refractivity contribution in [3.63, 3.8) is 0 Å². The molecule has 0 bridgehead atoms. The van der Waals surface area contributed by atoms with E-state index in [2.05, 4.69) is 5.32 Å². The zero-order valence-electron chi connectivity index (χ0n) is 21.9. The third-order valence-corrected chi connectivity index (χ3v) is 9.11. The number of carbonyl (C=O) groups excluding carboxylic acids is 2. The molecule has 2 amide bonds. The zero-order chi connectivity index (χ0) is 28.9. The monoisotopic (exact) mass is 572 g/mol. The molecule has 1 saturated heterocycles. The van der Waals surface area contributed by atoms with Crippen molar-refractivity contribution in [3.8, 4) is 6.07 Å². The van der Waals surface area contributed by atoms with Crippen molar-refractivity contribution in [3.05, 3.63) is 58.9 Å². The van der Waals surface area contributed by atoms with E-state index in [4.69, 9.17) is 17.5 Å². The van der Waals surface area contributed by atoms with Crippen LogP contribution in [-0.2, 0) is 22.2 Å². The lowest BCUT2D eigenvalue weighted by atomic mass is 9.65. The van der Waals surface area contributed by atoms with Crippen LogP contribution in [0.5, 0.6) is 0 Å². The molecule has 0 atom stereocenters. The molecule has 1 heterocycles. The molecule has 6 nitrogen and oxygen atoms in total. The number of nitrogens with one attached hydrogen (secondary N) is 1. The molecule has 2 saturated carbocycles. The molecule has 2 aromatic rings. The van der Waals surface area contributed by atoms with Gasteiger partial charge in [-0.25, -0.2) is 4.39 Å². The topological polar surface area (TPSA) is 76.4 Å². The van der Waals surface area contributed by atoms with Gasteiger partial charge in [0.15, 0.2) is 10.9 Å². The maximum Gasteiger partial charge on any atom is 0.420 e. The van der Waals surface area contributed by atoms with E-state index in [1.165, 1.54) is 6.07 Å². The second-order valence-electron chi connectivity index (χ2n) is 10.9. The average molecular weight is 573 g/mol. The van der Waals surface area contributed by atoms with Gasteiger partial charge in [0.25, 0.3) is 0 Å². The third kappa shape index (κ3) is 4.52. The quantitative estimate of drug-likeness (QED) is 0.339. The molecule has 0 aromatic heterocycles. The Labute approximate surface area is 234 Å². The van der Waals surface area contributed by atoms with Crippen LogP contribution >= 0.6 is 12.2 Å². The summed E-state index contributed by atoms with van der Waals surface area (Å²) in [6.45, 7) is 0. The number of alkyl halides is 3. The fourth-order valence-corrected chi connectivity index (χ4v) is 6.72. The molecule has 2 aliphatic carbocycles. The van der Waals surface area contributed by atoms with Gasteiger partial charge in [0.2, 0.25) is 11.8 Å². The smallest absolute Gasteiger partial charge is 0.359 e. The normalized spacial score (nSPS) is 19.6. The molecule has 2 aromatic carbocycles. The van der Waals surface area contributed by atoms with Crippen molar-refractivity contribution >= 4 is 40.5 Å². The molecular formula is C29H28F4N4O2S. The number of halogens is 4. The predicted molar refractivity (Wildman–Crippen MR) is 145 cm³/mol. The number of nitriles is 1. The van der Waals surface area contributed by atoms with E-state index in [1.807, 2.05) is 24.3 Å². The Balaban J connectivity index is 1.45. The van der Waals surface area contributed by atoms with Crippen molar-refractivity contribution in [2.45, 2.75) is 69.5 Å². The Morgan fingerprint density at radius 2 is 1.75 bits per heavy atom. The zero-order valence-corrected chi connectivity index (χ0v) is 22.7. The molecule has 11 heteroatoms. The molecule has 5 rings (SSSR count). The van der Waals surface area contributed by atoms with E-state index in [0.29, 0.717) is 24.9 Å². The summed E-state index contributed by atoms with van der Waals surface area (Å²) in [7, 11) is 1.65. The summed E-state index contributed by atoms with van der Waals surface area (Å²) in [5, 5.41) is 11.8. The highest BCUT2D eigenvalue weighted by Crippen LogP contribution is 2.49. The number of aryl methyl sites for hydroxylation is 1. The van der Waals surface area contributed by atoms with Crippen molar-refractivity contribution in [2.24, 2.45) is 5.41 Å². The highest BCUT2D eigenvalue weighted by atomic mass is 32.1. The van der Waals surface area contributed by atoms with Gasteiger partial charge in [-0.2, -0.15) is 18.4 Å². The number of benzene rings is 2. The summed E-state index contributed by atoms with van der Waals surface area (Å²) >= 11 is 5.67. The van der Waals surface area contributed by atoms with Gasteiger partial charge in [0.1, 0.15) is 5.56 Å². The SMILES string of the molecule is CNC(=O)C1(CCc2ccc(N3C(=S)N(c4ccc(C#N)c(C(F)(F)F)c4F)C(=O)CC34CCC4)cc2)CCC1. The molecule has 40 heavy (non-hydrogen) atoms. The fraction of sp³-hybridized carbons (Fsp3) is 0.448. The summed E-state index contributed by atoms with van der Waals surface area (Å²) in [6, 6.07) is 10.8. The van der Waals surface area contributed by atoms with E-state index in [1.54, 1.807) is 11.9 Å². The molecule has 1 N–H and O–H groups in total. The lowest BCUT2D eigenvalue weighted by molar-refractivity contribution is -0.140. The van der Waals surface area contributed by atoms with Crippen molar-refractivity contribution in [2.75, 3.05) is 16.8 Å². The van der Waals surface area contributed by atoms with Crippen LogP contribution in [0.4, 0.5) is 28.9 Å². The number of amides is 2. The number of anilines is 2. The van der Waals surface area contributed by atoms with Crippen LogP contribution < -0.4 is 15.1 Å². The minimum atomic E-state index is -5.13. The lowest BCUT2D eigenvalue weighted by Gasteiger charge is -2.55. The Kier molecular flexibility index (Phi) is 7.11. The first kappa shape index (κ1) is 28.0. The molecular weight excluding hydrogens is 544 g/mol. The predicted octanol–water partition coefficient (Wildman–Crippen LogP) is 6.02. The summed E-state index contributed by atoms with van der Waals surface area (Å²) < 4.78 is 56.4. The van der Waals surface area contributed by atoms with Gasteiger partial charge in [-0.3, -0.25) is 14.5 Å².